The van der Waals surface area contributed by atoms with Crippen LogP contribution in [-0.4, -0.2) is 6.34 Å². The van der Waals surface area contributed by atoms with Gasteiger partial charge in [-0.15, -0.1) is 0 Å². The van der Waals surface area contributed by atoms with Gasteiger partial charge in [-0.2, -0.15) is 0 Å². The molecule has 2 nitrogen and oxygen atoms in total. The van der Waals surface area contributed by atoms with E-state index in [-0.39, 0.29) is 0 Å². The quantitative estimate of drug-likeness (QED) is 0.452. The Hall–Kier alpha value is -1.31. The Bertz CT molecular complexity index is 181. The lowest BCUT2D eigenvalue weighted by atomic mass is 10.3. The Morgan fingerprint density at radius 3 is 2.44 bits per heavy atom. The molecule has 9 heavy (non-hydrogen) atoms. The van der Waals surface area contributed by atoms with Crippen molar-refractivity contribution in [1.82, 2.24) is 0 Å². The van der Waals surface area contributed by atoms with Gasteiger partial charge in [-0.25, -0.2) is 0 Å². The number of hydrogen-bond donors (Lipinski definition) is 2. The van der Waals surface area contributed by atoms with Gasteiger partial charge in [0.25, 0.3) is 0 Å². The largest absolute Gasteiger partial charge is 0.347 e. The lowest BCUT2D eigenvalue weighted by Crippen LogP contribution is -1.90. The fourth-order valence-corrected chi connectivity index (χ4v) is 0.618. The molecule has 0 heterocycles. The molecule has 0 bridgehead atoms. The first-order valence-corrected chi connectivity index (χ1v) is 2.74. The second-order valence-corrected chi connectivity index (χ2v) is 1.65. The highest BCUT2D eigenvalue weighted by Crippen LogP contribution is 2.01. The summed E-state index contributed by atoms with van der Waals surface area (Å²) in [5.74, 6) is 0. The normalized spacial score (nSPS) is 8.44. The van der Waals surface area contributed by atoms with E-state index < -0.39 is 0 Å². The van der Waals surface area contributed by atoms with Crippen molar-refractivity contribution >= 4 is 12.0 Å². The monoisotopic (exact) mass is 120 g/mol. The standard InChI is InChI=1S/C7H8N2/c8-6-9-7-4-2-1-3-5-7/h1-6H,(H2,8,9). The van der Waals surface area contributed by atoms with Crippen molar-refractivity contribution in [3.05, 3.63) is 30.3 Å². The Morgan fingerprint density at radius 2 is 1.89 bits per heavy atom. The molecule has 0 fully saturated rings. The van der Waals surface area contributed by atoms with Crippen LogP contribution in [0.2, 0.25) is 0 Å². The van der Waals surface area contributed by atoms with Gasteiger partial charge >= 0.3 is 0 Å². The lowest BCUT2D eigenvalue weighted by Gasteiger charge is -1.94. The maximum Gasteiger partial charge on any atom is 0.0835 e. The van der Waals surface area contributed by atoms with Gasteiger partial charge in [-0.3, -0.25) is 5.41 Å². The number of nitrogens with one attached hydrogen (secondary N) is 2. The average molecular weight is 120 g/mol. The second kappa shape index (κ2) is 2.87. The minimum absolute atomic E-state index is 0.951. The summed E-state index contributed by atoms with van der Waals surface area (Å²) in [5, 5.41) is 9.45. The van der Waals surface area contributed by atoms with E-state index in [0.717, 1.165) is 12.0 Å². The van der Waals surface area contributed by atoms with Crippen molar-refractivity contribution in [3.8, 4) is 0 Å². The zero-order valence-electron chi connectivity index (χ0n) is 4.96. The van der Waals surface area contributed by atoms with E-state index in [4.69, 9.17) is 5.41 Å². The van der Waals surface area contributed by atoms with Crippen LogP contribution in [0.25, 0.3) is 0 Å². The molecule has 0 saturated carbocycles. The summed E-state index contributed by atoms with van der Waals surface area (Å²) < 4.78 is 0. The number of benzene rings is 1. The third kappa shape index (κ3) is 1.57. The van der Waals surface area contributed by atoms with Gasteiger partial charge in [-0.1, -0.05) is 18.2 Å². The maximum atomic E-state index is 6.70. The number of anilines is 1. The van der Waals surface area contributed by atoms with Crippen LogP contribution < -0.4 is 5.32 Å². The lowest BCUT2D eigenvalue weighted by molar-refractivity contribution is 1.53. The van der Waals surface area contributed by atoms with Gasteiger partial charge in [-0.05, 0) is 12.1 Å². The van der Waals surface area contributed by atoms with E-state index >= 15 is 0 Å². The fraction of sp³-hybridized carbons (Fsp3) is 0. The van der Waals surface area contributed by atoms with Crippen molar-refractivity contribution < 1.29 is 0 Å². The highest BCUT2D eigenvalue weighted by molar-refractivity contribution is 5.72. The van der Waals surface area contributed by atoms with E-state index in [1.807, 2.05) is 30.3 Å². The van der Waals surface area contributed by atoms with Gasteiger partial charge in [0, 0.05) is 5.69 Å². The molecule has 0 atom stereocenters. The van der Waals surface area contributed by atoms with E-state index in [0.29, 0.717) is 0 Å². The van der Waals surface area contributed by atoms with Crippen LogP contribution in [0.15, 0.2) is 30.3 Å². The molecule has 0 aliphatic carbocycles. The van der Waals surface area contributed by atoms with Crippen LogP contribution in [0.1, 0.15) is 0 Å². The molecule has 0 aliphatic heterocycles. The van der Waals surface area contributed by atoms with E-state index in [1.165, 1.54) is 0 Å². The molecule has 1 aromatic carbocycles. The SMILES string of the molecule is N=CNc1ccccc1. The molecule has 0 unspecified atom stereocenters. The Kier molecular flexibility index (Phi) is 1.85. The molecule has 1 aromatic rings. The summed E-state index contributed by atoms with van der Waals surface area (Å²) in [7, 11) is 0. The summed E-state index contributed by atoms with van der Waals surface area (Å²) >= 11 is 0. The molecule has 0 aliphatic rings. The molecule has 0 amide bonds. The highest BCUT2D eigenvalue weighted by Gasteiger charge is 1.80. The Morgan fingerprint density at radius 1 is 1.22 bits per heavy atom. The molecule has 0 saturated heterocycles. The predicted octanol–water partition coefficient (Wildman–Crippen LogP) is 1.71. The third-order valence-corrected chi connectivity index (χ3v) is 1.01. The summed E-state index contributed by atoms with van der Waals surface area (Å²) in [6, 6.07) is 9.60. The first-order chi connectivity index (χ1) is 4.43. The van der Waals surface area contributed by atoms with Crippen molar-refractivity contribution in [2.24, 2.45) is 0 Å². The zero-order chi connectivity index (χ0) is 6.53. The van der Waals surface area contributed by atoms with Crippen molar-refractivity contribution in [2.45, 2.75) is 0 Å². The Balaban J connectivity index is 2.72. The van der Waals surface area contributed by atoms with Crippen molar-refractivity contribution in [3.63, 3.8) is 0 Å². The second-order valence-electron chi connectivity index (χ2n) is 1.65. The number of rotatable bonds is 2. The minimum Gasteiger partial charge on any atom is -0.347 e. The zero-order valence-corrected chi connectivity index (χ0v) is 4.96. The molecule has 2 N–H and O–H groups in total. The molecule has 0 aromatic heterocycles. The first-order valence-electron chi connectivity index (χ1n) is 2.74. The van der Waals surface area contributed by atoms with Crippen LogP contribution in [0, 0.1) is 5.41 Å². The van der Waals surface area contributed by atoms with Crippen LogP contribution in [0.4, 0.5) is 5.69 Å². The van der Waals surface area contributed by atoms with Crippen LogP contribution in [0.5, 0.6) is 0 Å². The van der Waals surface area contributed by atoms with Crippen molar-refractivity contribution in [2.75, 3.05) is 5.32 Å². The van der Waals surface area contributed by atoms with Crippen LogP contribution in [0.3, 0.4) is 0 Å². The number of para-hydroxylation sites is 1. The predicted molar refractivity (Wildman–Crippen MR) is 38.8 cm³/mol. The topological polar surface area (TPSA) is 35.9 Å². The molecule has 46 valence electrons. The molecule has 0 radical (unpaired) electrons. The maximum absolute atomic E-state index is 6.70. The van der Waals surface area contributed by atoms with Crippen LogP contribution >= 0.6 is 0 Å². The van der Waals surface area contributed by atoms with Gasteiger partial charge in [0.15, 0.2) is 0 Å². The van der Waals surface area contributed by atoms with Gasteiger partial charge in [0.1, 0.15) is 0 Å². The average Bonchev–Trinajstić information content (AvgIpc) is 1.91. The summed E-state index contributed by atoms with van der Waals surface area (Å²) in [6.07, 6.45) is 1.16. The van der Waals surface area contributed by atoms with Crippen molar-refractivity contribution in [1.29, 1.82) is 5.41 Å². The van der Waals surface area contributed by atoms with E-state index in [9.17, 15) is 0 Å². The van der Waals surface area contributed by atoms with Crippen LogP contribution in [-0.2, 0) is 0 Å². The van der Waals surface area contributed by atoms with Gasteiger partial charge in [0.2, 0.25) is 0 Å². The number of hydrogen-bond acceptors (Lipinski definition) is 1. The Labute approximate surface area is 54.0 Å². The smallest absolute Gasteiger partial charge is 0.0835 e. The molecular weight excluding hydrogens is 112 g/mol. The molecule has 2 heteroatoms. The minimum atomic E-state index is 0.951. The fourth-order valence-electron chi connectivity index (χ4n) is 0.618. The first kappa shape index (κ1) is 5.82. The summed E-state index contributed by atoms with van der Waals surface area (Å²) in [5.41, 5.74) is 0.951. The third-order valence-electron chi connectivity index (χ3n) is 1.01. The molecular formula is C7H8N2. The van der Waals surface area contributed by atoms with Gasteiger partial charge in [0.05, 0.1) is 6.34 Å². The van der Waals surface area contributed by atoms with Gasteiger partial charge < -0.3 is 5.32 Å². The summed E-state index contributed by atoms with van der Waals surface area (Å²) in [6.45, 7) is 0. The highest BCUT2D eigenvalue weighted by atomic mass is 14.9. The van der Waals surface area contributed by atoms with E-state index in [2.05, 4.69) is 5.32 Å². The van der Waals surface area contributed by atoms with E-state index in [1.54, 1.807) is 0 Å². The summed E-state index contributed by atoms with van der Waals surface area (Å²) in [4.78, 5) is 0. The molecule has 1 rings (SSSR count). The molecule has 0 spiro atoms.